The smallest absolute Gasteiger partial charge is 0.410 e. The fourth-order valence-electron chi connectivity index (χ4n) is 5.21. The van der Waals surface area contributed by atoms with Crippen molar-refractivity contribution in [3.8, 4) is 11.6 Å². The summed E-state index contributed by atoms with van der Waals surface area (Å²) in [5.74, 6) is 0.544. The van der Waals surface area contributed by atoms with Gasteiger partial charge in [0.1, 0.15) is 29.7 Å². The average molecular weight is 493 g/mol. The number of carbonyl (C=O) groups excluding carboxylic acids is 1. The molecule has 2 unspecified atom stereocenters. The number of aromatic nitrogens is 4. The first-order valence-electron chi connectivity index (χ1n) is 12.4. The van der Waals surface area contributed by atoms with Gasteiger partial charge in [0.15, 0.2) is 0 Å². The van der Waals surface area contributed by atoms with E-state index in [1.54, 1.807) is 35.4 Å². The number of halogens is 1. The van der Waals surface area contributed by atoms with Crippen molar-refractivity contribution in [1.82, 2.24) is 24.4 Å². The minimum absolute atomic E-state index is 0.0595. The van der Waals surface area contributed by atoms with Crippen LogP contribution in [-0.2, 0) is 4.74 Å². The molecule has 2 atom stereocenters. The SMILES string of the molecule is Cc1c(Nc2ccc(-n3ccnc3)cc2F)ncnc1OC1CC2CCC(C1)N2C(=O)OC1(C)CC1. The van der Waals surface area contributed by atoms with Gasteiger partial charge in [-0.2, -0.15) is 0 Å². The van der Waals surface area contributed by atoms with E-state index in [1.807, 2.05) is 18.7 Å². The number of amides is 1. The normalized spacial score (nSPS) is 23.9. The average Bonchev–Trinajstić information content (AvgIpc) is 3.23. The quantitative estimate of drug-likeness (QED) is 0.522. The number of hydrogen-bond donors (Lipinski definition) is 1. The molecule has 4 heterocycles. The molecule has 2 aliphatic heterocycles. The zero-order valence-electron chi connectivity index (χ0n) is 20.4. The number of carbonyl (C=O) groups is 1. The number of nitrogens with one attached hydrogen (secondary N) is 1. The predicted octanol–water partition coefficient (Wildman–Crippen LogP) is 4.92. The highest BCUT2D eigenvalue weighted by atomic mass is 19.1. The van der Waals surface area contributed by atoms with E-state index in [2.05, 4.69) is 20.3 Å². The fraction of sp³-hybridized carbons (Fsp3) is 0.462. The van der Waals surface area contributed by atoms with Crippen LogP contribution < -0.4 is 10.1 Å². The number of fused-ring (bicyclic) bond motifs is 2. The van der Waals surface area contributed by atoms with Gasteiger partial charge in [0.05, 0.1) is 17.6 Å². The highest BCUT2D eigenvalue weighted by Gasteiger charge is 2.49. The number of hydrogen-bond acceptors (Lipinski definition) is 7. The zero-order valence-corrected chi connectivity index (χ0v) is 20.4. The molecule has 2 bridgehead atoms. The summed E-state index contributed by atoms with van der Waals surface area (Å²) < 4.78 is 28.6. The number of piperidine rings is 1. The second-order valence-corrected chi connectivity index (χ2v) is 10.2. The van der Waals surface area contributed by atoms with Crippen LogP contribution in [0.25, 0.3) is 5.69 Å². The Morgan fingerprint density at radius 1 is 1.19 bits per heavy atom. The van der Waals surface area contributed by atoms with E-state index in [0.717, 1.165) is 38.5 Å². The molecule has 1 N–H and O–H groups in total. The van der Waals surface area contributed by atoms with Crippen molar-refractivity contribution in [2.24, 2.45) is 0 Å². The van der Waals surface area contributed by atoms with Gasteiger partial charge >= 0.3 is 6.09 Å². The first kappa shape index (κ1) is 22.8. The molecular weight excluding hydrogens is 463 g/mol. The van der Waals surface area contributed by atoms with E-state index < -0.39 is 5.82 Å². The van der Waals surface area contributed by atoms with Crippen molar-refractivity contribution < 1.29 is 18.7 Å². The van der Waals surface area contributed by atoms with E-state index in [-0.39, 0.29) is 29.9 Å². The van der Waals surface area contributed by atoms with Crippen LogP contribution in [0, 0.1) is 12.7 Å². The van der Waals surface area contributed by atoms with E-state index in [4.69, 9.17) is 9.47 Å². The van der Waals surface area contributed by atoms with Crippen LogP contribution in [0.15, 0.2) is 43.2 Å². The molecule has 0 spiro atoms. The molecule has 6 rings (SSSR count). The standard InChI is InChI=1S/C26H29FN6O3/c1-16-23(31-22-6-5-17(13-21(22)27)32-10-9-28-15-32)29-14-30-24(16)35-20-11-18-3-4-19(12-20)33(18)25(34)36-26(2)7-8-26/h5-6,9-10,13-15,18-20H,3-4,7-8,11-12H2,1-2H3,(H,29,30,31). The molecule has 10 heteroatoms. The maximum absolute atomic E-state index is 14.8. The zero-order chi connectivity index (χ0) is 24.9. The van der Waals surface area contributed by atoms with Gasteiger partial charge in [-0.1, -0.05) is 0 Å². The minimum atomic E-state index is -0.405. The Kier molecular flexibility index (Phi) is 5.54. The fourth-order valence-corrected chi connectivity index (χ4v) is 5.21. The molecule has 3 aliphatic rings. The molecule has 1 aromatic carbocycles. The van der Waals surface area contributed by atoms with Gasteiger partial charge in [0.25, 0.3) is 0 Å². The van der Waals surface area contributed by atoms with Gasteiger partial charge in [-0.25, -0.2) is 24.1 Å². The van der Waals surface area contributed by atoms with Crippen molar-refractivity contribution in [3.05, 3.63) is 54.6 Å². The molecule has 1 aliphatic carbocycles. The summed E-state index contributed by atoms with van der Waals surface area (Å²) in [5, 5.41) is 3.07. The molecule has 188 valence electrons. The van der Waals surface area contributed by atoms with Crippen LogP contribution in [-0.4, -0.2) is 54.3 Å². The largest absolute Gasteiger partial charge is 0.474 e. The third-order valence-corrected chi connectivity index (χ3v) is 7.51. The molecule has 1 amide bonds. The molecule has 36 heavy (non-hydrogen) atoms. The van der Waals surface area contributed by atoms with Crippen molar-refractivity contribution in [3.63, 3.8) is 0 Å². The Hall–Kier alpha value is -3.69. The summed E-state index contributed by atoms with van der Waals surface area (Å²) in [7, 11) is 0. The molecule has 2 saturated heterocycles. The van der Waals surface area contributed by atoms with Crippen LogP contribution in [0.1, 0.15) is 51.0 Å². The molecular formula is C26H29FN6O3. The van der Waals surface area contributed by atoms with Crippen LogP contribution >= 0.6 is 0 Å². The third kappa shape index (κ3) is 4.36. The van der Waals surface area contributed by atoms with Gasteiger partial charge in [-0.05, 0) is 51.7 Å². The Morgan fingerprint density at radius 2 is 1.97 bits per heavy atom. The summed E-state index contributed by atoms with van der Waals surface area (Å²) in [6.07, 6.45) is 11.5. The van der Waals surface area contributed by atoms with Gasteiger partial charge in [-0.15, -0.1) is 0 Å². The lowest BCUT2D eigenvalue weighted by molar-refractivity contribution is 0.0115. The lowest BCUT2D eigenvalue weighted by atomic mass is 10.0. The highest BCUT2D eigenvalue weighted by Crippen LogP contribution is 2.43. The molecule has 1 saturated carbocycles. The number of anilines is 2. The number of imidazole rings is 1. The summed E-state index contributed by atoms with van der Waals surface area (Å²) >= 11 is 0. The predicted molar refractivity (Wildman–Crippen MR) is 130 cm³/mol. The number of nitrogens with zero attached hydrogens (tertiary/aromatic N) is 5. The van der Waals surface area contributed by atoms with E-state index in [1.165, 1.54) is 12.4 Å². The number of rotatable bonds is 6. The number of benzene rings is 1. The van der Waals surface area contributed by atoms with Gasteiger partial charge in [0.2, 0.25) is 5.88 Å². The summed E-state index contributed by atoms with van der Waals surface area (Å²) in [5.41, 5.74) is 1.41. The van der Waals surface area contributed by atoms with E-state index in [0.29, 0.717) is 28.6 Å². The number of ether oxygens (including phenoxy) is 2. The van der Waals surface area contributed by atoms with Gasteiger partial charge in [-0.3, -0.25) is 0 Å². The minimum Gasteiger partial charge on any atom is -0.474 e. The lowest BCUT2D eigenvalue weighted by Crippen LogP contribution is -2.50. The molecule has 0 radical (unpaired) electrons. The molecule has 3 fully saturated rings. The molecule has 9 nitrogen and oxygen atoms in total. The highest BCUT2D eigenvalue weighted by molar-refractivity contribution is 5.70. The Morgan fingerprint density at radius 3 is 2.64 bits per heavy atom. The Labute approximate surface area is 208 Å². The summed E-state index contributed by atoms with van der Waals surface area (Å²) in [4.78, 5) is 27.3. The van der Waals surface area contributed by atoms with Gasteiger partial charge in [0, 0.05) is 49.1 Å². The van der Waals surface area contributed by atoms with Crippen LogP contribution in [0.4, 0.5) is 20.7 Å². The third-order valence-electron chi connectivity index (χ3n) is 7.51. The summed E-state index contributed by atoms with van der Waals surface area (Å²) in [6, 6.07) is 5.15. The second kappa shape index (κ2) is 8.76. The van der Waals surface area contributed by atoms with Crippen LogP contribution in [0.2, 0.25) is 0 Å². The first-order valence-corrected chi connectivity index (χ1v) is 12.4. The topological polar surface area (TPSA) is 94.4 Å². The van der Waals surface area contributed by atoms with Crippen molar-refractivity contribution in [1.29, 1.82) is 0 Å². The van der Waals surface area contributed by atoms with Crippen molar-refractivity contribution >= 4 is 17.6 Å². The van der Waals surface area contributed by atoms with Crippen molar-refractivity contribution in [2.75, 3.05) is 5.32 Å². The Bertz CT molecular complexity index is 1260. The monoisotopic (exact) mass is 492 g/mol. The maximum atomic E-state index is 14.8. The molecule has 3 aromatic rings. The second-order valence-electron chi connectivity index (χ2n) is 10.2. The van der Waals surface area contributed by atoms with Crippen molar-refractivity contribution in [2.45, 2.75) is 76.2 Å². The Balaban J connectivity index is 1.13. The van der Waals surface area contributed by atoms with Gasteiger partial charge < -0.3 is 24.3 Å². The summed E-state index contributed by atoms with van der Waals surface area (Å²) in [6.45, 7) is 3.85. The van der Waals surface area contributed by atoms with E-state index in [9.17, 15) is 9.18 Å². The van der Waals surface area contributed by atoms with E-state index >= 15 is 0 Å². The lowest BCUT2D eigenvalue weighted by Gasteiger charge is -2.38. The maximum Gasteiger partial charge on any atom is 0.410 e. The van der Waals surface area contributed by atoms with Crippen LogP contribution in [0.5, 0.6) is 5.88 Å². The molecule has 2 aromatic heterocycles. The van der Waals surface area contributed by atoms with Crippen LogP contribution in [0.3, 0.4) is 0 Å². The first-order chi connectivity index (χ1) is 17.4.